The van der Waals surface area contributed by atoms with Crippen molar-refractivity contribution in [1.29, 1.82) is 0 Å². The van der Waals surface area contributed by atoms with Crippen molar-refractivity contribution in [3.8, 4) is 5.75 Å². The molecule has 1 aliphatic carbocycles. The van der Waals surface area contributed by atoms with Crippen LogP contribution in [0.3, 0.4) is 0 Å². The van der Waals surface area contributed by atoms with E-state index in [1.807, 2.05) is 36.4 Å². The molecule has 2 aliphatic rings. The summed E-state index contributed by atoms with van der Waals surface area (Å²) in [5, 5.41) is 10.2. The highest BCUT2D eigenvalue weighted by molar-refractivity contribution is 6.04. The molecular formula is C32H31NO6. The summed E-state index contributed by atoms with van der Waals surface area (Å²) < 4.78 is 20.1. The molecule has 1 aliphatic heterocycles. The number of carbonyl (C=O) groups excluding carboxylic acids is 1. The molecule has 0 saturated carbocycles. The van der Waals surface area contributed by atoms with Crippen molar-refractivity contribution in [3.63, 3.8) is 0 Å². The van der Waals surface area contributed by atoms with Gasteiger partial charge in [-0.2, -0.15) is 0 Å². The lowest BCUT2D eigenvalue weighted by Crippen LogP contribution is -2.44. The Labute approximate surface area is 226 Å². The normalized spacial score (nSPS) is 16.7. The van der Waals surface area contributed by atoms with E-state index in [0.29, 0.717) is 41.3 Å². The monoisotopic (exact) mass is 525 g/mol. The first kappa shape index (κ1) is 25.3. The fourth-order valence-electron chi connectivity index (χ4n) is 5.93. The topological polar surface area (TPSA) is 87.0 Å². The van der Waals surface area contributed by atoms with Gasteiger partial charge in [0.25, 0.3) is 5.91 Å². The number of ether oxygens (including phenoxy) is 3. The van der Waals surface area contributed by atoms with Gasteiger partial charge in [-0.1, -0.05) is 42.5 Å². The van der Waals surface area contributed by atoms with Crippen molar-refractivity contribution in [2.24, 2.45) is 5.92 Å². The van der Waals surface area contributed by atoms with Crippen LogP contribution < -0.4 is 4.74 Å². The maximum absolute atomic E-state index is 13.6. The summed E-state index contributed by atoms with van der Waals surface area (Å²) in [4.78, 5) is 25.1. The zero-order chi connectivity index (χ0) is 26.9. The molecular weight excluding hydrogens is 494 g/mol. The predicted octanol–water partition coefficient (Wildman–Crippen LogP) is 5.19. The van der Waals surface area contributed by atoms with E-state index in [1.54, 1.807) is 23.6 Å². The van der Waals surface area contributed by atoms with Crippen molar-refractivity contribution in [1.82, 2.24) is 4.57 Å². The number of carbonyl (C=O) groups is 2. The van der Waals surface area contributed by atoms with Crippen molar-refractivity contribution >= 4 is 22.8 Å². The van der Waals surface area contributed by atoms with Crippen LogP contribution in [0.15, 0.2) is 72.8 Å². The Kier molecular flexibility index (Phi) is 6.94. The van der Waals surface area contributed by atoms with Crippen molar-refractivity contribution in [2.45, 2.75) is 45.0 Å². The zero-order valence-corrected chi connectivity index (χ0v) is 21.8. The van der Waals surface area contributed by atoms with Gasteiger partial charge in [0, 0.05) is 22.6 Å². The first-order valence-corrected chi connectivity index (χ1v) is 13.4. The molecule has 3 aromatic carbocycles. The fraction of sp³-hybridized carbons (Fsp3) is 0.312. The fourth-order valence-corrected chi connectivity index (χ4v) is 5.93. The SMILES string of the molecule is Cc1c(CC(=O)O)c2ccccc2n1C(=O)c1ccc(OC(C2Cc3ccccc3C2)C2OCCCO2)cc1. The molecule has 1 aromatic heterocycles. The summed E-state index contributed by atoms with van der Waals surface area (Å²) in [6, 6.07) is 23.0. The molecule has 0 amide bonds. The third-order valence-corrected chi connectivity index (χ3v) is 7.82. The minimum Gasteiger partial charge on any atom is -0.485 e. The Morgan fingerprint density at radius 1 is 0.949 bits per heavy atom. The summed E-state index contributed by atoms with van der Waals surface area (Å²) in [5.74, 6) is -0.284. The lowest BCUT2D eigenvalue weighted by atomic mass is 9.98. The molecule has 0 bridgehead atoms. The number of hydrogen-bond donors (Lipinski definition) is 1. The largest absolute Gasteiger partial charge is 0.485 e. The number of benzene rings is 3. The number of carboxylic acids is 1. The average molecular weight is 526 g/mol. The van der Waals surface area contributed by atoms with Gasteiger partial charge >= 0.3 is 5.97 Å². The number of aliphatic carboxylic acids is 1. The second-order valence-corrected chi connectivity index (χ2v) is 10.3. The van der Waals surface area contributed by atoms with Crippen LogP contribution >= 0.6 is 0 Å². The van der Waals surface area contributed by atoms with Gasteiger partial charge in [0.05, 0.1) is 25.2 Å². The third kappa shape index (κ3) is 4.95. The molecule has 39 heavy (non-hydrogen) atoms. The Hall–Kier alpha value is -3.94. The number of rotatable bonds is 7. The highest BCUT2D eigenvalue weighted by Crippen LogP contribution is 2.34. The van der Waals surface area contributed by atoms with E-state index in [2.05, 4.69) is 24.3 Å². The lowest BCUT2D eigenvalue weighted by Gasteiger charge is -2.34. The Morgan fingerprint density at radius 3 is 2.26 bits per heavy atom. The van der Waals surface area contributed by atoms with Crippen molar-refractivity contribution < 1.29 is 28.9 Å². The van der Waals surface area contributed by atoms with E-state index in [9.17, 15) is 14.7 Å². The van der Waals surface area contributed by atoms with Gasteiger partial charge < -0.3 is 19.3 Å². The number of fused-ring (bicyclic) bond motifs is 2. The van der Waals surface area contributed by atoms with Crippen LogP contribution in [0.1, 0.15) is 39.2 Å². The number of carboxylic acid groups (broad SMARTS) is 1. The van der Waals surface area contributed by atoms with Gasteiger partial charge in [0.1, 0.15) is 5.75 Å². The third-order valence-electron chi connectivity index (χ3n) is 7.82. The summed E-state index contributed by atoms with van der Waals surface area (Å²) in [7, 11) is 0. The van der Waals surface area contributed by atoms with Crippen LogP contribution in [0, 0.1) is 12.8 Å². The van der Waals surface area contributed by atoms with Gasteiger partial charge in [-0.15, -0.1) is 0 Å². The van der Waals surface area contributed by atoms with E-state index in [-0.39, 0.29) is 24.3 Å². The summed E-state index contributed by atoms with van der Waals surface area (Å²) >= 11 is 0. The first-order chi connectivity index (χ1) is 19.0. The van der Waals surface area contributed by atoms with Gasteiger partial charge in [0.15, 0.2) is 12.4 Å². The second-order valence-electron chi connectivity index (χ2n) is 10.3. The smallest absolute Gasteiger partial charge is 0.307 e. The number of hydrogen-bond acceptors (Lipinski definition) is 5. The van der Waals surface area contributed by atoms with Crippen LogP contribution in [0.4, 0.5) is 0 Å². The number of para-hydroxylation sites is 1. The van der Waals surface area contributed by atoms with E-state index in [0.717, 1.165) is 24.6 Å². The van der Waals surface area contributed by atoms with Gasteiger partial charge in [-0.05, 0) is 73.2 Å². The van der Waals surface area contributed by atoms with E-state index >= 15 is 0 Å². The van der Waals surface area contributed by atoms with Gasteiger partial charge in [-0.25, -0.2) is 0 Å². The highest BCUT2D eigenvalue weighted by Gasteiger charge is 2.38. The summed E-state index contributed by atoms with van der Waals surface area (Å²) in [5.41, 5.74) is 5.15. The Bertz CT molecular complexity index is 1490. The van der Waals surface area contributed by atoms with Crippen LogP contribution in [0.2, 0.25) is 0 Å². The molecule has 7 heteroatoms. The molecule has 6 rings (SSSR count). The molecule has 0 radical (unpaired) electrons. The molecule has 1 fully saturated rings. The lowest BCUT2D eigenvalue weighted by molar-refractivity contribution is -0.226. The molecule has 7 nitrogen and oxygen atoms in total. The van der Waals surface area contributed by atoms with Crippen LogP contribution in [-0.2, 0) is 33.5 Å². The van der Waals surface area contributed by atoms with Crippen LogP contribution in [-0.4, -0.2) is 47.2 Å². The first-order valence-electron chi connectivity index (χ1n) is 13.4. The summed E-state index contributed by atoms with van der Waals surface area (Å²) in [6.45, 7) is 3.08. The Morgan fingerprint density at radius 2 is 1.59 bits per heavy atom. The van der Waals surface area contributed by atoms with Gasteiger partial charge in [0.2, 0.25) is 0 Å². The number of aromatic nitrogens is 1. The second kappa shape index (κ2) is 10.7. The minimum atomic E-state index is -0.930. The maximum atomic E-state index is 13.6. The van der Waals surface area contributed by atoms with E-state index in [4.69, 9.17) is 14.2 Å². The molecule has 1 N–H and O–H groups in total. The molecule has 1 saturated heterocycles. The molecule has 2 heterocycles. The van der Waals surface area contributed by atoms with Crippen LogP contribution in [0.25, 0.3) is 10.9 Å². The highest BCUT2D eigenvalue weighted by atomic mass is 16.7. The molecule has 0 spiro atoms. The van der Waals surface area contributed by atoms with Gasteiger partial charge in [-0.3, -0.25) is 14.2 Å². The maximum Gasteiger partial charge on any atom is 0.307 e. The molecule has 1 unspecified atom stereocenters. The van der Waals surface area contributed by atoms with Crippen molar-refractivity contribution in [3.05, 3.63) is 101 Å². The van der Waals surface area contributed by atoms with Crippen LogP contribution in [0.5, 0.6) is 5.75 Å². The average Bonchev–Trinajstić information content (AvgIpc) is 3.51. The minimum absolute atomic E-state index is 0.142. The predicted molar refractivity (Wildman–Crippen MR) is 146 cm³/mol. The van der Waals surface area contributed by atoms with Crippen molar-refractivity contribution in [2.75, 3.05) is 13.2 Å². The number of nitrogens with zero attached hydrogens (tertiary/aromatic N) is 1. The zero-order valence-electron chi connectivity index (χ0n) is 21.8. The molecule has 1 atom stereocenters. The molecule has 4 aromatic rings. The quantitative estimate of drug-likeness (QED) is 0.357. The summed E-state index contributed by atoms with van der Waals surface area (Å²) in [6.07, 6.45) is 1.80. The Balaban J connectivity index is 1.25. The standard InChI is InChI=1S/C32H31NO6/c1-20-27(19-29(34)35)26-9-4-5-10-28(26)33(20)31(36)21-11-13-25(14-12-21)39-30(32-37-15-6-16-38-32)24-17-22-7-2-3-8-23(22)18-24/h2-5,7-14,24,30,32H,6,15-19H2,1H3,(H,34,35). The van der Waals surface area contributed by atoms with E-state index in [1.165, 1.54) is 11.1 Å². The molecule has 200 valence electrons. The van der Waals surface area contributed by atoms with E-state index < -0.39 is 12.3 Å².